The van der Waals surface area contributed by atoms with Gasteiger partial charge in [0.2, 0.25) is 10.0 Å². The van der Waals surface area contributed by atoms with Crippen LogP contribution in [0.5, 0.6) is 0 Å². The number of sulfonamides is 1. The number of rotatable bonds is 6. The summed E-state index contributed by atoms with van der Waals surface area (Å²) in [6.45, 7) is 4.41. The molecule has 8 heteroatoms. The molecule has 0 atom stereocenters. The van der Waals surface area contributed by atoms with E-state index in [2.05, 4.69) is 4.90 Å². The van der Waals surface area contributed by atoms with Gasteiger partial charge in [0.25, 0.3) is 0 Å². The number of esters is 1. The van der Waals surface area contributed by atoms with Crippen molar-refractivity contribution in [1.82, 2.24) is 9.21 Å². The maximum Gasteiger partial charge on any atom is 0.338 e. The summed E-state index contributed by atoms with van der Waals surface area (Å²) in [5.74, 6) is -0.748. The van der Waals surface area contributed by atoms with E-state index in [1.807, 2.05) is 6.07 Å². The fourth-order valence-electron chi connectivity index (χ4n) is 3.15. The third kappa shape index (κ3) is 4.76. The largest absolute Gasteiger partial charge is 0.462 e. The molecule has 1 saturated heterocycles. The number of nitrogens with zero attached hydrogens (tertiary/aromatic N) is 2. The lowest BCUT2D eigenvalue weighted by molar-refractivity contribution is 0.0526. The molecule has 0 spiro atoms. The highest BCUT2D eigenvalue weighted by molar-refractivity contribution is 7.89. The predicted molar refractivity (Wildman–Crippen MR) is 103 cm³/mol. The number of benzene rings is 2. The van der Waals surface area contributed by atoms with Crippen LogP contribution in [0.4, 0.5) is 4.39 Å². The van der Waals surface area contributed by atoms with Crippen LogP contribution in [-0.2, 0) is 21.3 Å². The predicted octanol–water partition coefficient (Wildman–Crippen LogP) is 2.51. The Labute approximate surface area is 164 Å². The molecule has 1 fully saturated rings. The molecule has 0 N–H and O–H groups in total. The van der Waals surface area contributed by atoms with Gasteiger partial charge in [-0.15, -0.1) is 0 Å². The number of ether oxygens (including phenoxy) is 1. The topological polar surface area (TPSA) is 66.9 Å². The van der Waals surface area contributed by atoms with Crippen molar-refractivity contribution in [3.05, 3.63) is 65.5 Å². The summed E-state index contributed by atoms with van der Waals surface area (Å²) in [4.78, 5) is 14.0. The number of piperazine rings is 1. The van der Waals surface area contributed by atoms with Crippen LogP contribution in [-0.4, -0.2) is 56.4 Å². The number of halogens is 1. The third-order valence-corrected chi connectivity index (χ3v) is 6.54. The Morgan fingerprint density at radius 2 is 1.75 bits per heavy atom. The van der Waals surface area contributed by atoms with Crippen LogP contribution in [0, 0.1) is 5.82 Å². The first-order chi connectivity index (χ1) is 13.4. The molecule has 1 heterocycles. The van der Waals surface area contributed by atoms with E-state index in [4.69, 9.17) is 4.74 Å². The Hall–Kier alpha value is -2.29. The zero-order valence-corrected chi connectivity index (χ0v) is 16.5. The molecular formula is C20H23FN2O4S. The molecule has 1 aliphatic heterocycles. The summed E-state index contributed by atoms with van der Waals surface area (Å²) in [5, 5.41) is 0. The maximum atomic E-state index is 13.3. The van der Waals surface area contributed by atoms with E-state index >= 15 is 0 Å². The summed E-state index contributed by atoms with van der Waals surface area (Å²) in [7, 11) is -3.63. The van der Waals surface area contributed by atoms with Gasteiger partial charge in [0.05, 0.1) is 17.1 Å². The zero-order valence-electron chi connectivity index (χ0n) is 15.7. The minimum Gasteiger partial charge on any atom is -0.462 e. The number of carbonyl (C=O) groups excluding carboxylic acids is 1. The molecule has 6 nitrogen and oxygen atoms in total. The summed E-state index contributed by atoms with van der Waals surface area (Å²) in [5.41, 5.74) is 1.19. The SMILES string of the molecule is CCOC(=O)c1ccc(S(=O)(=O)N2CCN(Cc3cccc(F)c3)CC2)cc1. The molecule has 0 unspecified atom stereocenters. The first kappa shape index (κ1) is 20.4. The van der Waals surface area contributed by atoms with E-state index < -0.39 is 16.0 Å². The number of carbonyl (C=O) groups is 1. The summed E-state index contributed by atoms with van der Waals surface area (Å²) in [6.07, 6.45) is 0. The molecule has 150 valence electrons. The molecule has 0 radical (unpaired) electrons. The van der Waals surface area contributed by atoms with Gasteiger partial charge in [0.1, 0.15) is 5.82 Å². The van der Waals surface area contributed by atoms with Crippen LogP contribution < -0.4 is 0 Å². The molecule has 1 aliphatic rings. The van der Waals surface area contributed by atoms with Gasteiger partial charge in [-0.05, 0) is 48.9 Å². The van der Waals surface area contributed by atoms with Crippen molar-refractivity contribution in [2.24, 2.45) is 0 Å². The van der Waals surface area contributed by atoms with Gasteiger partial charge >= 0.3 is 5.97 Å². The van der Waals surface area contributed by atoms with Crippen LogP contribution in [0.25, 0.3) is 0 Å². The highest BCUT2D eigenvalue weighted by Gasteiger charge is 2.28. The number of hydrogen-bond acceptors (Lipinski definition) is 5. The second kappa shape index (κ2) is 8.81. The molecule has 3 rings (SSSR count). The van der Waals surface area contributed by atoms with Gasteiger partial charge in [-0.2, -0.15) is 4.31 Å². The lowest BCUT2D eigenvalue weighted by Gasteiger charge is -2.34. The highest BCUT2D eigenvalue weighted by atomic mass is 32.2. The van der Waals surface area contributed by atoms with Crippen molar-refractivity contribution >= 4 is 16.0 Å². The van der Waals surface area contributed by atoms with Crippen LogP contribution in [0.2, 0.25) is 0 Å². The fourth-order valence-corrected chi connectivity index (χ4v) is 4.57. The molecule has 0 saturated carbocycles. The van der Waals surface area contributed by atoms with Gasteiger partial charge in [-0.1, -0.05) is 12.1 Å². The Balaban J connectivity index is 1.62. The van der Waals surface area contributed by atoms with Crippen molar-refractivity contribution in [3.8, 4) is 0 Å². The minimum absolute atomic E-state index is 0.152. The Kier molecular flexibility index (Phi) is 6.43. The van der Waals surface area contributed by atoms with Crippen LogP contribution >= 0.6 is 0 Å². The van der Waals surface area contributed by atoms with E-state index in [-0.39, 0.29) is 17.3 Å². The van der Waals surface area contributed by atoms with E-state index in [1.54, 1.807) is 13.0 Å². The monoisotopic (exact) mass is 406 g/mol. The highest BCUT2D eigenvalue weighted by Crippen LogP contribution is 2.19. The van der Waals surface area contributed by atoms with E-state index in [0.29, 0.717) is 38.3 Å². The Bertz CT molecular complexity index is 923. The van der Waals surface area contributed by atoms with Crippen LogP contribution in [0.3, 0.4) is 0 Å². The summed E-state index contributed by atoms with van der Waals surface area (Å²) < 4.78 is 45.4. The molecule has 0 aliphatic carbocycles. The van der Waals surface area contributed by atoms with E-state index in [1.165, 1.54) is 40.7 Å². The lowest BCUT2D eigenvalue weighted by Crippen LogP contribution is -2.48. The molecular weight excluding hydrogens is 383 g/mol. The average Bonchev–Trinajstić information content (AvgIpc) is 2.69. The maximum absolute atomic E-state index is 13.3. The van der Waals surface area contributed by atoms with Gasteiger partial charge in [-0.3, -0.25) is 4.90 Å². The van der Waals surface area contributed by atoms with Crippen molar-refractivity contribution in [1.29, 1.82) is 0 Å². The molecule has 28 heavy (non-hydrogen) atoms. The summed E-state index contributed by atoms with van der Waals surface area (Å²) in [6, 6.07) is 12.2. The Morgan fingerprint density at radius 3 is 2.36 bits per heavy atom. The lowest BCUT2D eigenvalue weighted by atomic mass is 10.2. The van der Waals surface area contributed by atoms with Crippen molar-refractivity contribution < 1.29 is 22.3 Å². The van der Waals surface area contributed by atoms with Crippen LogP contribution in [0.1, 0.15) is 22.8 Å². The first-order valence-corrected chi connectivity index (χ1v) is 10.6. The van der Waals surface area contributed by atoms with Gasteiger partial charge in [-0.25, -0.2) is 17.6 Å². The van der Waals surface area contributed by atoms with Crippen LogP contribution in [0.15, 0.2) is 53.4 Å². The minimum atomic E-state index is -3.63. The first-order valence-electron chi connectivity index (χ1n) is 9.14. The molecule has 2 aromatic rings. The standard InChI is InChI=1S/C20H23FN2O4S/c1-2-27-20(24)17-6-8-19(9-7-17)28(25,26)23-12-10-22(11-13-23)15-16-4-3-5-18(21)14-16/h3-9,14H,2,10-13,15H2,1H3. The van der Waals surface area contributed by atoms with Gasteiger partial charge in [0, 0.05) is 32.7 Å². The fraction of sp³-hybridized carbons (Fsp3) is 0.350. The quantitative estimate of drug-likeness (QED) is 0.690. The smallest absolute Gasteiger partial charge is 0.338 e. The van der Waals surface area contributed by atoms with Gasteiger partial charge in [0.15, 0.2) is 0 Å². The Morgan fingerprint density at radius 1 is 1.07 bits per heavy atom. The van der Waals surface area contributed by atoms with Crippen molar-refractivity contribution in [2.75, 3.05) is 32.8 Å². The normalized spacial score (nSPS) is 16.1. The zero-order chi connectivity index (χ0) is 20.1. The average molecular weight is 406 g/mol. The second-order valence-electron chi connectivity index (χ2n) is 6.56. The van der Waals surface area contributed by atoms with Crippen molar-refractivity contribution in [3.63, 3.8) is 0 Å². The molecule has 2 aromatic carbocycles. The third-order valence-electron chi connectivity index (χ3n) is 4.63. The van der Waals surface area contributed by atoms with E-state index in [9.17, 15) is 17.6 Å². The second-order valence-corrected chi connectivity index (χ2v) is 8.49. The molecule has 0 aromatic heterocycles. The van der Waals surface area contributed by atoms with E-state index in [0.717, 1.165) is 5.56 Å². The molecule has 0 bridgehead atoms. The summed E-state index contributed by atoms with van der Waals surface area (Å²) >= 11 is 0. The molecule has 0 amide bonds. The number of hydrogen-bond donors (Lipinski definition) is 0. The van der Waals surface area contributed by atoms with Crippen molar-refractivity contribution in [2.45, 2.75) is 18.4 Å². The van der Waals surface area contributed by atoms with Gasteiger partial charge < -0.3 is 4.74 Å².